The minimum Gasteiger partial charge on any atom is -0.481 e. The second kappa shape index (κ2) is 17.6. The van der Waals surface area contributed by atoms with Gasteiger partial charge in [0.15, 0.2) is 0 Å². The van der Waals surface area contributed by atoms with Crippen LogP contribution in [0.25, 0.3) is 0 Å². The summed E-state index contributed by atoms with van der Waals surface area (Å²) < 4.78 is 15.9. The van der Waals surface area contributed by atoms with Crippen molar-refractivity contribution in [1.82, 2.24) is 10.6 Å². The van der Waals surface area contributed by atoms with E-state index < -0.39 is 48.4 Å². The molecule has 11 heteroatoms. The van der Waals surface area contributed by atoms with E-state index in [1.807, 2.05) is 24.3 Å². The molecule has 0 saturated heterocycles. The van der Waals surface area contributed by atoms with Crippen molar-refractivity contribution in [1.29, 1.82) is 0 Å². The standard InChI is InChI=1S/C32H34N2O9/c35-28(36)18-16-26(30(38)42-21-24-12-6-2-7-13-24)33-32(40)34-27(31(39)43-22-25-14-8-3-9-15-25)17-19-29(37)41-20-23-10-4-1-5-11-23/h1-15,26-27H,16-22H2,(H,35,36)(H2,33,34,40). The lowest BCUT2D eigenvalue weighted by Gasteiger charge is -2.21. The van der Waals surface area contributed by atoms with E-state index in [9.17, 15) is 24.0 Å². The van der Waals surface area contributed by atoms with E-state index in [0.717, 1.165) is 11.1 Å². The van der Waals surface area contributed by atoms with Crippen molar-refractivity contribution < 1.29 is 43.3 Å². The second-order valence-electron chi connectivity index (χ2n) is 9.53. The highest BCUT2D eigenvalue weighted by molar-refractivity contribution is 5.87. The number of carbonyl (C=O) groups is 5. The van der Waals surface area contributed by atoms with Crippen LogP contribution in [0.2, 0.25) is 0 Å². The molecule has 226 valence electrons. The summed E-state index contributed by atoms with van der Waals surface area (Å²) in [6.45, 7) is -0.0931. The van der Waals surface area contributed by atoms with Crippen LogP contribution < -0.4 is 10.6 Å². The fraction of sp³-hybridized carbons (Fsp3) is 0.281. The first-order chi connectivity index (χ1) is 20.8. The Balaban J connectivity index is 1.62. The monoisotopic (exact) mass is 590 g/mol. The first-order valence-electron chi connectivity index (χ1n) is 13.7. The molecule has 0 bridgehead atoms. The second-order valence-corrected chi connectivity index (χ2v) is 9.53. The molecule has 3 rings (SSSR count). The van der Waals surface area contributed by atoms with Gasteiger partial charge in [-0.25, -0.2) is 14.4 Å². The Hall–Kier alpha value is -5.19. The molecule has 0 spiro atoms. The molecule has 2 atom stereocenters. The highest BCUT2D eigenvalue weighted by atomic mass is 16.5. The molecule has 2 unspecified atom stereocenters. The van der Waals surface area contributed by atoms with E-state index in [2.05, 4.69) is 10.6 Å². The summed E-state index contributed by atoms with van der Waals surface area (Å²) >= 11 is 0. The topological polar surface area (TPSA) is 157 Å². The smallest absolute Gasteiger partial charge is 0.329 e. The van der Waals surface area contributed by atoms with Crippen LogP contribution >= 0.6 is 0 Å². The predicted molar refractivity (Wildman–Crippen MR) is 154 cm³/mol. The van der Waals surface area contributed by atoms with Crippen molar-refractivity contribution in [2.75, 3.05) is 0 Å². The van der Waals surface area contributed by atoms with Crippen molar-refractivity contribution in [3.63, 3.8) is 0 Å². The van der Waals surface area contributed by atoms with Crippen LogP contribution in [0.3, 0.4) is 0 Å². The lowest BCUT2D eigenvalue weighted by molar-refractivity contribution is -0.149. The van der Waals surface area contributed by atoms with Gasteiger partial charge in [-0.2, -0.15) is 0 Å². The van der Waals surface area contributed by atoms with Gasteiger partial charge in [0.2, 0.25) is 0 Å². The molecule has 0 saturated carbocycles. The SMILES string of the molecule is O=C(O)CCC(NC(=O)NC(CCC(=O)OCc1ccccc1)C(=O)OCc1ccccc1)C(=O)OCc1ccccc1. The van der Waals surface area contributed by atoms with Crippen LogP contribution in [0.4, 0.5) is 4.79 Å². The van der Waals surface area contributed by atoms with Gasteiger partial charge < -0.3 is 30.0 Å². The lowest BCUT2D eigenvalue weighted by Crippen LogP contribution is -2.52. The Morgan fingerprint density at radius 3 is 1.33 bits per heavy atom. The third-order valence-corrected chi connectivity index (χ3v) is 6.15. The summed E-state index contributed by atoms with van der Waals surface area (Å²) in [6.07, 6.45) is -1.01. The number of esters is 3. The van der Waals surface area contributed by atoms with Gasteiger partial charge in [-0.1, -0.05) is 91.0 Å². The average molecular weight is 591 g/mol. The van der Waals surface area contributed by atoms with E-state index in [1.54, 1.807) is 66.7 Å². The van der Waals surface area contributed by atoms with Crippen molar-refractivity contribution in [3.8, 4) is 0 Å². The molecule has 2 amide bonds. The number of carboxylic acids is 1. The Morgan fingerprint density at radius 2 is 0.930 bits per heavy atom. The number of benzene rings is 3. The van der Waals surface area contributed by atoms with Crippen LogP contribution in [-0.2, 0) is 53.2 Å². The van der Waals surface area contributed by atoms with Crippen LogP contribution in [0.5, 0.6) is 0 Å². The fourth-order valence-electron chi connectivity index (χ4n) is 3.85. The molecule has 0 aliphatic heterocycles. The van der Waals surface area contributed by atoms with Gasteiger partial charge in [0.05, 0.1) is 0 Å². The van der Waals surface area contributed by atoms with Crippen LogP contribution in [0, 0.1) is 0 Å². The van der Waals surface area contributed by atoms with Crippen molar-refractivity contribution in [2.45, 2.75) is 57.6 Å². The van der Waals surface area contributed by atoms with Gasteiger partial charge >= 0.3 is 29.9 Å². The number of urea groups is 1. The number of carboxylic acid groups (broad SMARTS) is 1. The largest absolute Gasteiger partial charge is 0.481 e. The quantitative estimate of drug-likeness (QED) is 0.166. The number of aliphatic carboxylic acids is 1. The van der Waals surface area contributed by atoms with E-state index in [1.165, 1.54) is 0 Å². The molecule has 0 heterocycles. The first-order valence-corrected chi connectivity index (χ1v) is 13.7. The molecule has 3 aromatic carbocycles. The van der Waals surface area contributed by atoms with Gasteiger partial charge in [0, 0.05) is 12.8 Å². The van der Waals surface area contributed by atoms with E-state index >= 15 is 0 Å². The van der Waals surface area contributed by atoms with Crippen molar-refractivity contribution in [3.05, 3.63) is 108 Å². The molecule has 0 aliphatic rings. The van der Waals surface area contributed by atoms with Crippen molar-refractivity contribution in [2.24, 2.45) is 0 Å². The zero-order valence-corrected chi connectivity index (χ0v) is 23.5. The number of hydrogen-bond donors (Lipinski definition) is 3. The maximum absolute atomic E-state index is 13.0. The number of amides is 2. The number of nitrogens with one attached hydrogen (secondary N) is 2. The summed E-state index contributed by atoms with van der Waals surface area (Å²) in [5.41, 5.74) is 2.22. The highest BCUT2D eigenvalue weighted by Gasteiger charge is 2.28. The molecule has 0 aromatic heterocycles. The number of carbonyl (C=O) groups excluding carboxylic acids is 4. The first kappa shape index (κ1) is 32.3. The van der Waals surface area contributed by atoms with Gasteiger partial charge in [-0.15, -0.1) is 0 Å². The fourth-order valence-corrected chi connectivity index (χ4v) is 3.85. The van der Waals surface area contributed by atoms with E-state index in [-0.39, 0.29) is 39.1 Å². The summed E-state index contributed by atoms with van der Waals surface area (Å²) in [4.78, 5) is 62.2. The molecule has 0 radical (unpaired) electrons. The number of ether oxygens (including phenoxy) is 3. The third kappa shape index (κ3) is 12.5. The number of hydrogen-bond acceptors (Lipinski definition) is 8. The molecule has 3 N–H and O–H groups in total. The maximum Gasteiger partial charge on any atom is 0.329 e. The van der Waals surface area contributed by atoms with Crippen LogP contribution in [0.15, 0.2) is 91.0 Å². The predicted octanol–water partition coefficient (Wildman–Crippen LogP) is 3.90. The summed E-state index contributed by atoms with van der Waals surface area (Å²) in [7, 11) is 0. The highest BCUT2D eigenvalue weighted by Crippen LogP contribution is 2.10. The third-order valence-electron chi connectivity index (χ3n) is 6.15. The Labute approximate surface area is 249 Å². The van der Waals surface area contributed by atoms with E-state index in [4.69, 9.17) is 19.3 Å². The number of rotatable bonds is 16. The summed E-state index contributed by atoms with van der Waals surface area (Å²) in [5, 5.41) is 13.9. The molecular weight excluding hydrogens is 556 g/mol. The van der Waals surface area contributed by atoms with Crippen LogP contribution in [-0.4, -0.2) is 47.1 Å². The lowest BCUT2D eigenvalue weighted by atomic mass is 10.1. The summed E-state index contributed by atoms with van der Waals surface area (Å²) in [5.74, 6) is -3.40. The zero-order valence-electron chi connectivity index (χ0n) is 23.5. The van der Waals surface area contributed by atoms with Gasteiger partial charge in [0.1, 0.15) is 31.9 Å². The molecule has 3 aromatic rings. The maximum atomic E-state index is 13.0. The van der Waals surface area contributed by atoms with Crippen molar-refractivity contribution >= 4 is 29.9 Å². The zero-order chi connectivity index (χ0) is 30.9. The Bertz CT molecular complexity index is 1330. The Kier molecular flexibility index (Phi) is 13.2. The molecule has 0 aliphatic carbocycles. The molecule has 11 nitrogen and oxygen atoms in total. The normalized spacial score (nSPS) is 11.8. The molecule has 43 heavy (non-hydrogen) atoms. The minimum atomic E-state index is -1.31. The Morgan fingerprint density at radius 1 is 0.558 bits per heavy atom. The van der Waals surface area contributed by atoms with Gasteiger partial charge in [0.25, 0.3) is 0 Å². The van der Waals surface area contributed by atoms with Gasteiger partial charge in [-0.05, 0) is 29.5 Å². The van der Waals surface area contributed by atoms with E-state index in [0.29, 0.717) is 5.56 Å². The summed E-state index contributed by atoms with van der Waals surface area (Å²) in [6, 6.07) is 23.3. The average Bonchev–Trinajstić information content (AvgIpc) is 3.03. The van der Waals surface area contributed by atoms with Crippen LogP contribution in [0.1, 0.15) is 42.4 Å². The minimum absolute atomic E-state index is 0.0487. The molecule has 0 fully saturated rings. The van der Waals surface area contributed by atoms with Gasteiger partial charge in [-0.3, -0.25) is 9.59 Å². The molecular formula is C32H34N2O9.